The number of nitrogens with zero attached hydrogens (tertiary/aromatic N) is 1. The molecule has 0 atom stereocenters. The molecule has 0 aliphatic carbocycles. The van der Waals surface area contributed by atoms with Crippen LogP contribution in [0.15, 0.2) is 47.4 Å². The molecule has 2 N–H and O–H groups in total. The second-order valence-electron chi connectivity index (χ2n) is 4.18. The summed E-state index contributed by atoms with van der Waals surface area (Å²) in [6.07, 6.45) is 0. The number of nitrogens with two attached hydrogens (primary N) is 1. The van der Waals surface area contributed by atoms with Crippen LogP contribution in [0, 0.1) is 17.0 Å². The van der Waals surface area contributed by atoms with Gasteiger partial charge in [0.2, 0.25) is 0 Å². The maximum absolute atomic E-state index is 10.9. The molecule has 2 rings (SSSR count). The van der Waals surface area contributed by atoms with E-state index in [9.17, 15) is 10.1 Å². The maximum atomic E-state index is 10.9. The smallest absolute Gasteiger partial charge is 0.272 e. The predicted octanol–water partition coefficient (Wildman–Crippen LogP) is 3.78. The van der Waals surface area contributed by atoms with Crippen molar-refractivity contribution >= 4 is 23.1 Å². The molecule has 0 heterocycles. The normalized spacial score (nSPS) is 10.4. The standard InChI is InChI=1S/C14H14N2O2S/c1-10-11(4-2-7-14(10)16(17)18)9-19-13-6-3-5-12(15)8-13/h2-8H,9,15H2,1H3. The molecular formula is C14H14N2O2S. The number of rotatable bonds is 4. The van der Waals surface area contributed by atoms with Crippen molar-refractivity contribution in [3.8, 4) is 0 Å². The highest BCUT2D eigenvalue weighted by atomic mass is 32.2. The Labute approximate surface area is 115 Å². The van der Waals surface area contributed by atoms with Crippen LogP contribution in [0.2, 0.25) is 0 Å². The Hall–Kier alpha value is -2.01. The summed E-state index contributed by atoms with van der Waals surface area (Å²) in [6.45, 7) is 1.79. The second-order valence-corrected chi connectivity index (χ2v) is 5.23. The molecule has 2 aromatic carbocycles. The van der Waals surface area contributed by atoms with Crippen molar-refractivity contribution < 1.29 is 4.92 Å². The van der Waals surface area contributed by atoms with E-state index in [1.165, 1.54) is 6.07 Å². The molecule has 0 aliphatic rings. The first kappa shape index (κ1) is 13.4. The highest BCUT2D eigenvalue weighted by molar-refractivity contribution is 7.98. The predicted molar refractivity (Wildman–Crippen MR) is 78.2 cm³/mol. The lowest BCUT2D eigenvalue weighted by atomic mass is 10.1. The molecule has 0 amide bonds. The fourth-order valence-corrected chi connectivity index (χ4v) is 2.82. The van der Waals surface area contributed by atoms with E-state index in [4.69, 9.17) is 5.73 Å². The van der Waals surface area contributed by atoms with Crippen molar-refractivity contribution in [3.05, 3.63) is 63.7 Å². The van der Waals surface area contributed by atoms with Crippen molar-refractivity contribution in [2.45, 2.75) is 17.6 Å². The van der Waals surface area contributed by atoms with Gasteiger partial charge in [0, 0.05) is 28.0 Å². The molecule has 0 saturated carbocycles. The van der Waals surface area contributed by atoms with E-state index in [0.29, 0.717) is 5.75 Å². The topological polar surface area (TPSA) is 69.2 Å². The van der Waals surface area contributed by atoms with Crippen LogP contribution in [-0.2, 0) is 5.75 Å². The van der Waals surface area contributed by atoms with E-state index in [2.05, 4.69) is 0 Å². The molecule has 4 nitrogen and oxygen atoms in total. The summed E-state index contributed by atoms with van der Waals surface area (Å²) in [5.74, 6) is 0.691. The number of thioether (sulfide) groups is 1. The largest absolute Gasteiger partial charge is 0.399 e. The molecule has 0 saturated heterocycles. The zero-order valence-corrected chi connectivity index (χ0v) is 11.3. The number of benzene rings is 2. The summed E-state index contributed by atoms with van der Waals surface area (Å²) < 4.78 is 0. The van der Waals surface area contributed by atoms with Gasteiger partial charge in [0.1, 0.15) is 0 Å². The number of anilines is 1. The van der Waals surface area contributed by atoms with Crippen LogP contribution >= 0.6 is 11.8 Å². The monoisotopic (exact) mass is 274 g/mol. The summed E-state index contributed by atoms with van der Waals surface area (Å²) in [4.78, 5) is 11.6. The van der Waals surface area contributed by atoms with Gasteiger partial charge in [-0.25, -0.2) is 0 Å². The highest BCUT2D eigenvalue weighted by Crippen LogP contribution is 2.28. The van der Waals surface area contributed by atoms with Crippen molar-refractivity contribution in [3.63, 3.8) is 0 Å². The van der Waals surface area contributed by atoms with Crippen LogP contribution in [0.1, 0.15) is 11.1 Å². The molecule has 0 bridgehead atoms. The van der Waals surface area contributed by atoms with Gasteiger partial charge in [-0.3, -0.25) is 10.1 Å². The van der Waals surface area contributed by atoms with Crippen molar-refractivity contribution in [2.75, 3.05) is 5.73 Å². The van der Waals surface area contributed by atoms with Crippen molar-refractivity contribution in [1.29, 1.82) is 0 Å². The van der Waals surface area contributed by atoms with Gasteiger partial charge >= 0.3 is 0 Å². The minimum absolute atomic E-state index is 0.172. The summed E-state index contributed by atoms with van der Waals surface area (Å²) >= 11 is 1.62. The van der Waals surface area contributed by atoms with Crippen LogP contribution in [0.5, 0.6) is 0 Å². The third kappa shape index (κ3) is 3.26. The number of hydrogen-bond donors (Lipinski definition) is 1. The zero-order valence-electron chi connectivity index (χ0n) is 10.5. The lowest BCUT2D eigenvalue weighted by molar-refractivity contribution is -0.385. The van der Waals surface area contributed by atoms with Crippen molar-refractivity contribution in [1.82, 2.24) is 0 Å². The van der Waals surface area contributed by atoms with Gasteiger partial charge in [0.25, 0.3) is 5.69 Å². The molecular weight excluding hydrogens is 260 g/mol. The first-order chi connectivity index (χ1) is 9.08. The lowest BCUT2D eigenvalue weighted by Crippen LogP contribution is -1.95. The molecule has 19 heavy (non-hydrogen) atoms. The van der Waals surface area contributed by atoms with Crippen LogP contribution in [0.25, 0.3) is 0 Å². The van der Waals surface area contributed by atoms with Gasteiger partial charge < -0.3 is 5.73 Å². The van der Waals surface area contributed by atoms with Gasteiger partial charge in [0.15, 0.2) is 0 Å². The molecule has 98 valence electrons. The zero-order chi connectivity index (χ0) is 13.8. The Bertz CT molecular complexity index is 614. The summed E-state index contributed by atoms with van der Waals surface area (Å²) in [5, 5.41) is 10.9. The van der Waals surface area contributed by atoms with E-state index < -0.39 is 0 Å². The fourth-order valence-electron chi connectivity index (χ4n) is 1.79. The lowest BCUT2D eigenvalue weighted by Gasteiger charge is -2.06. The van der Waals surface area contributed by atoms with Crippen molar-refractivity contribution in [2.24, 2.45) is 0 Å². The molecule has 0 radical (unpaired) electrons. The number of nitrogen functional groups attached to an aromatic ring is 1. The van der Waals surface area contributed by atoms with Gasteiger partial charge in [-0.15, -0.1) is 11.8 Å². The fraction of sp³-hybridized carbons (Fsp3) is 0.143. The summed E-state index contributed by atoms with van der Waals surface area (Å²) in [6, 6.07) is 12.8. The molecule has 0 unspecified atom stereocenters. The van der Waals surface area contributed by atoms with E-state index in [1.54, 1.807) is 24.8 Å². The summed E-state index contributed by atoms with van der Waals surface area (Å²) in [5.41, 5.74) is 8.31. The van der Waals surface area contributed by atoms with Gasteiger partial charge in [-0.1, -0.05) is 18.2 Å². The SMILES string of the molecule is Cc1c(CSc2cccc(N)c2)cccc1[N+](=O)[O-]. The minimum atomic E-state index is -0.343. The molecule has 2 aromatic rings. The Morgan fingerprint density at radius 2 is 2.00 bits per heavy atom. The Balaban J connectivity index is 2.16. The quantitative estimate of drug-likeness (QED) is 0.399. The Kier molecular flexibility index (Phi) is 4.06. The average Bonchev–Trinajstić information content (AvgIpc) is 2.37. The van der Waals surface area contributed by atoms with Crippen LogP contribution in [-0.4, -0.2) is 4.92 Å². The third-order valence-corrected chi connectivity index (χ3v) is 3.91. The highest BCUT2D eigenvalue weighted by Gasteiger charge is 2.12. The van der Waals surface area contributed by atoms with E-state index in [-0.39, 0.29) is 10.6 Å². The first-order valence-corrected chi connectivity index (χ1v) is 6.77. The maximum Gasteiger partial charge on any atom is 0.272 e. The minimum Gasteiger partial charge on any atom is -0.399 e. The summed E-state index contributed by atoms with van der Waals surface area (Å²) in [7, 11) is 0. The molecule has 0 aromatic heterocycles. The first-order valence-electron chi connectivity index (χ1n) is 5.79. The number of nitro groups is 1. The average molecular weight is 274 g/mol. The molecule has 0 aliphatic heterocycles. The Morgan fingerprint density at radius 1 is 1.26 bits per heavy atom. The Morgan fingerprint density at radius 3 is 2.68 bits per heavy atom. The third-order valence-electron chi connectivity index (χ3n) is 2.87. The van der Waals surface area contributed by atoms with Crippen LogP contribution in [0.4, 0.5) is 11.4 Å². The molecule has 0 spiro atoms. The number of hydrogen-bond acceptors (Lipinski definition) is 4. The van der Waals surface area contributed by atoms with Gasteiger partial charge in [0.05, 0.1) is 4.92 Å². The van der Waals surface area contributed by atoms with E-state index >= 15 is 0 Å². The number of nitro benzene ring substituents is 1. The van der Waals surface area contributed by atoms with E-state index in [0.717, 1.165) is 21.7 Å². The molecule has 5 heteroatoms. The second kappa shape index (κ2) is 5.75. The van der Waals surface area contributed by atoms with E-state index in [1.807, 2.05) is 30.3 Å². The van der Waals surface area contributed by atoms with Crippen LogP contribution in [0.3, 0.4) is 0 Å². The molecule has 0 fully saturated rings. The van der Waals surface area contributed by atoms with Gasteiger partial charge in [-0.2, -0.15) is 0 Å². The van der Waals surface area contributed by atoms with Gasteiger partial charge in [-0.05, 0) is 30.7 Å². The van der Waals surface area contributed by atoms with Crippen LogP contribution < -0.4 is 5.73 Å².